The minimum atomic E-state index is 0.259. The Kier molecular flexibility index (Phi) is 5.47. The molecule has 2 fully saturated rings. The van der Waals surface area contributed by atoms with Crippen LogP contribution in [0, 0.1) is 0 Å². The lowest BCUT2D eigenvalue weighted by atomic mass is 9.87. The van der Waals surface area contributed by atoms with Gasteiger partial charge in [0.15, 0.2) is 0 Å². The Morgan fingerprint density at radius 3 is 2.11 bits per heavy atom. The normalized spacial score (nSPS) is 24.1. The fourth-order valence-electron chi connectivity index (χ4n) is 3.74. The van der Waals surface area contributed by atoms with Crippen LogP contribution in [0.3, 0.4) is 0 Å². The third kappa shape index (κ3) is 3.82. The number of piperidine rings is 1. The number of likely N-dealkylation sites (tertiary alicyclic amines) is 2. The van der Waals surface area contributed by atoms with Gasteiger partial charge >= 0.3 is 0 Å². The van der Waals surface area contributed by atoms with Crippen molar-refractivity contribution in [2.75, 3.05) is 32.7 Å². The van der Waals surface area contributed by atoms with Gasteiger partial charge in [-0.25, -0.2) is 0 Å². The Hall–Kier alpha value is -0.340. The summed E-state index contributed by atoms with van der Waals surface area (Å²) in [4.78, 5) is 5.34. The first-order chi connectivity index (χ1) is 9.14. The van der Waals surface area contributed by atoms with Crippen LogP contribution in [-0.4, -0.2) is 48.1 Å². The molecule has 0 aliphatic carbocycles. The van der Waals surface area contributed by atoms with Gasteiger partial charge in [0.25, 0.3) is 0 Å². The molecule has 2 saturated heterocycles. The minimum Gasteiger partial charge on any atom is -0.303 e. The van der Waals surface area contributed by atoms with Crippen LogP contribution >= 0.6 is 0 Å². The fourth-order valence-corrected chi connectivity index (χ4v) is 3.74. The molecule has 0 saturated carbocycles. The molecular formula is C17H32N2. The molecule has 0 aromatic carbocycles. The first kappa shape index (κ1) is 15.1. The van der Waals surface area contributed by atoms with Gasteiger partial charge in [0.05, 0.1) is 0 Å². The molecular weight excluding hydrogens is 232 g/mol. The third-order valence-electron chi connectivity index (χ3n) is 5.18. The van der Waals surface area contributed by atoms with E-state index >= 15 is 0 Å². The average molecular weight is 264 g/mol. The standard InChI is InChI=1S/C17H32N2/c1-4-16(10-15-18-11-8-9-12-18)17(2,3)19-13-6-5-7-14-19/h4H,5-15H2,1-3H3. The van der Waals surface area contributed by atoms with Gasteiger partial charge in [-0.3, -0.25) is 4.90 Å². The number of nitrogens with zero attached hydrogens (tertiary/aromatic N) is 2. The summed E-state index contributed by atoms with van der Waals surface area (Å²) >= 11 is 0. The van der Waals surface area contributed by atoms with Gasteiger partial charge in [0, 0.05) is 12.1 Å². The second-order valence-electron chi connectivity index (χ2n) is 6.72. The molecule has 110 valence electrons. The SMILES string of the molecule is CC=C(CCN1CCCC1)C(C)(C)N1CCCCC1. The van der Waals surface area contributed by atoms with Gasteiger partial charge in [-0.15, -0.1) is 0 Å². The summed E-state index contributed by atoms with van der Waals surface area (Å²) in [5.74, 6) is 0. The van der Waals surface area contributed by atoms with Crippen molar-refractivity contribution in [3.63, 3.8) is 0 Å². The van der Waals surface area contributed by atoms with Gasteiger partial charge in [-0.05, 0) is 79.1 Å². The second kappa shape index (κ2) is 6.90. The van der Waals surface area contributed by atoms with Crippen LogP contribution in [0.15, 0.2) is 11.6 Å². The van der Waals surface area contributed by atoms with Crippen LogP contribution < -0.4 is 0 Å². The minimum absolute atomic E-state index is 0.259. The largest absolute Gasteiger partial charge is 0.303 e. The Labute approximate surface area is 119 Å². The maximum Gasteiger partial charge on any atom is 0.0364 e. The molecule has 2 aliphatic heterocycles. The van der Waals surface area contributed by atoms with Crippen LogP contribution in [0.2, 0.25) is 0 Å². The monoisotopic (exact) mass is 264 g/mol. The smallest absolute Gasteiger partial charge is 0.0364 e. The van der Waals surface area contributed by atoms with E-state index in [0.717, 1.165) is 0 Å². The van der Waals surface area contributed by atoms with Gasteiger partial charge in [0.1, 0.15) is 0 Å². The highest BCUT2D eigenvalue weighted by molar-refractivity contribution is 5.18. The Balaban J connectivity index is 1.90. The molecule has 2 rings (SSSR count). The van der Waals surface area contributed by atoms with Crippen LogP contribution in [-0.2, 0) is 0 Å². The van der Waals surface area contributed by atoms with Crippen LogP contribution in [0.25, 0.3) is 0 Å². The van der Waals surface area contributed by atoms with E-state index in [1.54, 1.807) is 5.57 Å². The lowest BCUT2D eigenvalue weighted by Gasteiger charge is -2.43. The van der Waals surface area contributed by atoms with Crippen LogP contribution in [0.1, 0.15) is 59.3 Å². The van der Waals surface area contributed by atoms with E-state index in [-0.39, 0.29) is 5.54 Å². The summed E-state index contributed by atoms with van der Waals surface area (Å²) in [5.41, 5.74) is 1.90. The van der Waals surface area contributed by atoms with E-state index in [2.05, 4.69) is 36.6 Å². The zero-order valence-electron chi connectivity index (χ0n) is 13.2. The highest BCUT2D eigenvalue weighted by Gasteiger charge is 2.31. The van der Waals surface area contributed by atoms with Crippen molar-refractivity contribution < 1.29 is 0 Å². The predicted octanol–water partition coefficient (Wildman–Crippen LogP) is 3.68. The second-order valence-corrected chi connectivity index (χ2v) is 6.72. The summed E-state index contributed by atoms with van der Waals surface area (Å²) < 4.78 is 0. The molecule has 0 unspecified atom stereocenters. The van der Waals surface area contributed by atoms with Crippen molar-refractivity contribution >= 4 is 0 Å². The molecule has 0 aromatic rings. The van der Waals surface area contributed by atoms with Gasteiger partial charge in [0.2, 0.25) is 0 Å². The van der Waals surface area contributed by atoms with Gasteiger partial charge in [-0.1, -0.05) is 18.1 Å². The van der Waals surface area contributed by atoms with E-state index in [4.69, 9.17) is 0 Å². The van der Waals surface area contributed by atoms with E-state index in [1.807, 2.05) is 0 Å². The van der Waals surface area contributed by atoms with Crippen molar-refractivity contribution in [2.45, 2.75) is 64.8 Å². The highest BCUT2D eigenvalue weighted by Crippen LogP contribution is 2.30. The van der Waals surface area contributed by atoms with Crippen molar-refractivity contribution in [1.29, 1.82) is 0 Å². The van der Waals surface area contributed by atoms with Crippen molar-refractivity contribution in [2.24, 2.45) is 0 Å². The molecule has 0 atom stereocenters. The van der Waals surface area contributed by atoms with E-state index in [9.17, 15) is 0 Å². The van der Waals surface area contributed by atoms with Crippen molar-refractivity contribution in [3.05, 3.63) is 11.6 Å². The predicted molar refractivity (Wildman–Crippen MR) is 83.6 cm³/mol. The quantitative estimate of drug-likeness (QED) is 0.699. The van der Waals surface area contributed by atoms with Crippen LogP contribution in [0.5, 0.6) is 0 Å². The maximum absolute atomic E-state index is 2.70. The summed E-state index contributed by atoms with van der Waals surface area (Å²) in [6.45, 7) is 13.6. The first-order valence-electron chi connectivity index (χ1n) is 8.27. The number of allylic oxidation sites excluding steroid dienone is 1. The zero-order chi connectivity index (χ0) is 13.7. The molecule has 19 heavy (non-hydrogen) atoms. The van der Waals surface area contributed by atoms with Crippen molar-refractivity contribution in [3.8, 4) is 0 Å². The third-order valence-corrected chi connectivity index (χ3v) is 5.18. The van der Waals surface area contributed by atoms with E-state index in [0.29, 0.717) is 0 Å². The molecule has 0 amide bonds. The van der Waals surface area contributed by atoms with Gasteiger partial charge < -0.3 is 4.90 Å². The summed E-state index contributed by atoms with van der Waals surface area (Å²) in [6, 6.07) is 0. The summed E-state index contributed by atoms with van der Waals surface area (Å²) in [7, 11) is 0. The van der Waals surface area contributed by atoms with Crippen molar-refractivity contribution in [1.82, 2.24) is 9.80 Å². The highest BCUT2D eigenvalue weighted by atomic mass is 15.2. The average Bonchev–Trinajstić information content (AvgIpc) is 2.93. The lowest BCUT2D eigenvalue weighted by molar-refractivity contribution is 0.119. The Bertz CT molecular complexity index is 294. The summed E-state index contributed by atoms with van der Waals surface area (Å²) in [5, 5.41) is 0. The van der Waals surface area contributed by atoms with E-state index in [1.165, 1.54) is 71.2 Å². The van der Waals surface area contributed by atoms with E-state index < -0.39 is 0 Å². The number of rotatable bonds is 5. The Morgan fingerprint density at radius 2 is 1.53 bits per heavy atom. The zero-order valence-corrected chi connectivity index (χ0v) is 13.2. The molecule has 2 heteroatoms. The van der Waals surface area contributed by atoms with Gasteiger partial charge in [-0.2, -0.15) is 0 Å². The number of hydrogen-bond donors (Lipinski definition) is 0. The lowest BCUT2D eigenvalue weighted by Crippen LogP contribution is -2.48. The molecule has 0 N–H and O–H groups in total. The molecule has 0 radical (unpaired) electrons. The molecule has 2 heterocycles. The van der Waals surface area contributed by atoms with Crippen LogP contribution in [0.4, 0.5) is 0 Å². The fraction of sp³-hybridized carbons (Fsp3) is 0.882. The first-order valence-corrected chi connectivity index (χ1v) is 8.27. The number of hydrogen-bond acceptors (Lipinski definition) is 2. The summed E-state index contributed by atoms with van der Waals surface area (Å²) in [6.07, 6.45) is 10.6. The molecule has 0 aromatic heterocycles. The molecule has 0 bridgehead atoms. The maximum atomic E-state index is 2.70. The Morgan fingerprint density at radius 1 is 0.947 bits per heavy atom. The molecule has 2 nitrogen and oxygen atoms in total. The molecule has 2 aliphatic rings. The molecule has 0 spiro atoms. The topological polar surface area (TPSA) is 6.48 Å².